The van der Waals surface area contributed by atoms with Crippen LogP contribution in [0, 0.1) is 12.3 Å². The third-order valence-corrected chi connectivity index (χ3v) is 2.86. The highest BCUT2D eigenvalue weighted by atomic mass is 16.1. The molecule has 3 heteroatoms. The molecule has 1 aliphatic heterocycles. The highest BCUT2D eigenvalue weighted by Gasteiger charge is 2.23. The molecule has 1 N–H and O–H groups in total. The molecule has 0 radical (unpaired) electrons. The Labute approximate surface area is 92.5 Å². The van der Waals surface area contributed by atoms with E-state index in [1.807, 2.05) is 37.3 Å². The molecule has 16 heavy (non-hydrogen) atoms. The second-order valence-corrected chi connectivity index (χ2v) is 3.99. The van der Waals surface area contributed by atoms with Crippen LogP contribution in [0.3, 0.4) is 0 Å². The molecule has 0 bridgehead atoms. The third-order valence-electron chi connectivity index (χ3n) is 2.86. The molecule has 1 aromatic carbocycles. The standard InChI is InChI=1S/C13H10N2O/c1-8-6-11-9-4-2-3-5-10(9)13(14)15(11)12(16)7-8/h2-7,14H,1H3. The highest BCUT2D eigenvalue weighted by Crippen LogP contribution is 2.29. The molecule has 3 rings (SSSR count). The van der Waals surface area contributed by atoms with Gasteiger partial charge in [0.2, 0.25) is 0 Å². The van der Waals surface area contributed by atoms with E-state index in [1.54, 1.807) is 6.07 Å². The molecule has 0 atom stereocenters. The Morgan fingerprint density at radius 3 is 2.56 bits per heavy atom. The van der Waals surface area contributed by atoms with Crippen molar-refractivity contribution < 1.29 is 0 Å². The third kappa shape index (κ3) is 1.03. The van der Waals surface area contributed by atoms with E-state index >= 15 is 0 Å². The van der Waals surface area contributed by atoms with Crippen LogP contribution >= 0.6 is 0 Å². The number of aryl methyl sites for hydroxylation is 1. The molecule has 1 aliphatic rings. The van der Waals surface area contributed by atoms with Crippen LogP contribution in [0.2, 0.25) is 0 Å². The summed E-state index contributed by atoms with van der Waals surface area (Å²) in [7, 11) is 0. The van der Waals surface area contributed by atoms with Crippen LogP contribution in [0.1, 0.15) is 11.1 Å². The molecular formula is C13H10N2O. The van der Waals surface area contributed by atoms with Crippen molar-refractivity contribution in [1.29, 1.82) is 5.41 Å². The van der Waals surface area contributed by atoms with Gasteiger partial charge in [0.05, 0.1) is 5.69 Å². The summed E-state index contributed by atoms with van der Waals surface area (Å²) in [5.74, 6) is 0.274. The Kier molecular flexibility index (Phi) is 1.66. The van der Waals surface area contributed by atoms with Gasteiger partial charge >= 0.3 is 0 Å². The summed E-state index contributed by atoms with van der Waals surface area (Å²) in [5.41, 5.74) is 3.42. The van der Waals surface area contributed by atoms with Crippen molar-refractivity contribution in [1.82, 2.24) is 4.57 Å². The van der Waals surface area contributed by atoms with Gasteiger partial charge < -0.3 is 0 Å². The van der Waals surface area contributed by atoms with Crippen molar-refractivity contribution in [2.24, 2.45) is 0 Å². The fourth-order valence-corrected chi connectivity index (χ4v) is 2.16. The minimum absolute atomic E-state index is 0.129. The number of pyridine rings is 1. The maximum Gasteiger partial charge on any atom is 0.257 e. The fourth-order valence-electron chi connectivity index (χ4n) is 2.16. The number of benzene rings is 1. The average molecular weight is 210 g/mol. The van der Waals surface area contributed by atoms with Gasteiger partial charge in [-0.3, -0.25) is 14.8 Å². The molecule has 3 nitrogen and oxygen atoms in total. The van der Waals surface area contributed by atoms with E-state index in [2.05, 4.69) is 0 Å². The van der Waals surface area contributed by atoms with Crippen LogP contribution in [0.4, 0.5) is 0 Å². The predicted molar refractivity (Wildman–Crippen MR) is 63.1 cm³/mol. The number of aromatic nitrogens is 1. The topological polar surface area (TPSA) is 45.9 Å². The SMILES string of the molecule is Cc1cc2n(c(=O)c1)C(=N)c1ccccc1-2. The van der Waals surface area contributed by atoms with Gasteiger partial charge in [-0.05, 0) is 18.6 Å². The van der Waals surface area contributed by atoms with Crippen LogP contribution in [-0.4, -0.2) is 10.4 Å². The van der Waals surface area contributed by atoms with E-state index in [0.717, 1.165) is 22.4 Å². The zero-order valence-electron chi connectivity index (χ0n) is 8.82. The van der Waals surface area contributed by atoms with Crippen LogP contribution in [0.25, 0.3) is 11.3 Å². The zero-order valence-corrected chi connectivity index (χ0v) is 8.82. The maximum absolute atomic E-state index is 11.8. The fraction of sp³-hybridized carbons (Fsp3) is 0.0769. The summed E-state index contributed by atoms with van der Waals surface area (Å²) in [6, 6.07) is 11.1. The van der Waals surface area contributed by atoms with Crippen molar-refractivity contribution in [3.63, 3.8) is 0 Å². The first-order valence-electron chi connectivity index (χ1n) is 5.11. The van der Waals surface area contributed by atoms with Crippen molar-refractivity contribution in [2.45, 2.75) is 6.92 Å². The smallest absolute Gasteiger partial charge is 0.257 e. The Bertz CT molecular complexity index is 668. The van der Waals surface area contributed by atoms with Gasteiger partial charge in [-0.2, -0.15) is 0 Å². The lowest BCUT2D eigenvalue weighted by atomic mass is 10.1. The number of nitrogens with one attached hydrogen (secondary N) is 1. The van der Waals surface area contributed by atoms with Gasteiger partial charge in [0.15, 0.2) is 0 Å². The Morgan fingerprint density at radius 1 is 1.12 bits per heavy atom. The summed E-state index contributed by atoms with van der Waals surface area (Å²) in [6.07, 6.45) is 0. The summed E-state index contributed by atoms with van der Waals surface area (Å²) in [5, 5.41) is 7.99. The molecule has 0 saturated heterocycles. The maximum atomic E-state index is 11.8. The van der Waals surface area contributed by atoms with Crippen molar-refractivity contribution in [2.75, 3.05) is 0 Å². The van der Waals surface area contributed by atoms with Crippen molar-refractivity contribution in [3.05, 3.63) is 57.9 Å². The van der Waals surface area contributed by atoms with E-state index in [-0.39, 0.29) is 11.4 Å². The Balaban J connectivity index is 2.47. The molecular weight excluding hydrogens is 200 g/mol. The molecule has 1 aromatic heterocycles. The van der Waals surface area contributed by atoms with Gasteiger partial charge in [-0.1, -0.05) is 24.3 Å². The van der Waals surface area contributed by atoms with E-state index < -0.39 is 0 Å². The number of rotatable bonds is 0. The van der Waals surface area contributed by atoms with Crippen LogP contribution < -0.4 is 5.56 Å². The lowest BCUT2D eigenvalue weighted by molar-refractivity contribution is 1.06. The quantitative estimate of drug-likeness (QED) is 0.606. The van der Waals surface area contributed by atoms with Crippen molar-refractivity contribution >= 4 is 5.84 Å². The molecule has 2 heterocycles. The molecule has 0 fully saturated rings. The second-order valence-electron chi connectivity index (χ2n) is 3.99. The monoisotopic (exact) mass is 210 g/mol. The van der Waals surface area contributed by atoms with Gasteiger partial charge in [0.1, 0.15) is 5.84 Å². The minimum atomic E-state index is -0.129. The molecule has 2 aromatic rings. The lowest BCUT2D eigenvalue weighted by Gasteiger charge is -2.03. The molecule has 0 saturated carbocycles. The first-order valence-corrected chi connectivity index (χ1v) is 5.11. The van der Waals surface area contributed by atoms with Crippen LogP contribution in [0.15, 0.2) is 41.2 Å². The first kappa shape index (κ1) is 9.09. The van der Waals surface area contributed by atoms with Gasteiger partial charge in [-0.25, -0.2) is 0 Å². The zero-order chi connectivity index (χ0) is 11.3. The van der Waals surface area contributed by atoms with Crippen LogP contribution in [0.5, 0.6) is 0 Å². The predicted octanol–water partition coefficient (Wildman–Crippen LogP) is 2.01. The van der Waals surface area contributed by atoms with Gasteiger partial charge in [-0.15, -0.1) is 0 Å². The summed E-state index contributed by atoms with van der Waals surface area (Å²) in [6.45, 7) is 1.90. The average Bonchev–Trinajstić information content (AvgIpc) is 2.54. The number of fused-ring (bicyclic) bond motifs is 3. The molecule has 78 valence electrons. The Hall–Kier alpha value is -2.16. The van der Waals surface area contributed by atoms with Crippen LogP contribution in [-0.2, 0) is 0 Å². The molecule has 0 amide bonds. The minimum Gasteiger partial charge on any atom is -0.283 e. The van der Waals surface area contributed by atoms with E-state index in [4.69, 9.17) is 5.41 Å². The first-order chi connectivity index (χ1) is 7.68. The van der Waals surface area contributed by atoms with Crippen molar-refractivity contribution in [3.8, 4) is 11.3 Å². The molecule has 0 aliphatic carbocycles. The number of hydrogen-bond acceptors (Lipinski definition) is 2. The molecule has 0 unspecified atom stereocenters. The Morgan fingerprint density at radius 2 is 1.81 bits per heavy atom. The number of nitrogens with zero attached hydrogens (tertiary/aromatic N) is 1. The summed E-state index contributed by atoms with van der Waals surface area (Å²) < 4.78 is 1.46. The van der Waals surface area contributed by atoms with E-state index in [1.165, 1.54) is 4.57 Å². The molecule has 0 spiro atoms. The van der Waals surface area contributed by atoms with Gasteiger partial charge in [0, 0.05) is 17.2 Å². The van der Waals surface area contributed by atoms with Gasteiger partial charge in [0.25, 0.3) is 5.56 Å². The summed E-state index contributed by atoms with van der Waals surface area (Å²) >= 11 is 0. The number of hydrogen-bond donors (Lipinski definition) is 1. The largest absolute Gasteiger partial charge is 0.283 e. The highest BCUT2D eigenvalue weighted by molar-refractivity contribution is 6.10. The normalized spacial score (nSPS) is 12.4. The van der Waals surface area contributed by atoms with E-state index in [9.17, 15) is 4.79 Å². The second kappa shape index (κ2) is 2.92. The van der Waals surface area contributed by atoms with E-state index in [0.29, 0.717) is 0 Å². The summed E-state index contributed by atoms with van der Waals surface area (Å²) in [4.78, 5) is 11.8. The lowest BCUT2D eigenvalue weighted by Crippen LogP contribution is -2.23.